The molecule has 8 nitrogen and oxygen atoms in total. The molecule has 0 fully saturated rings. The Kier molecular flexibility index (Phi) is 6.05. The van der Waals surface area contributed by atoms with Gasteiger partial charge in [-0.25, -0.2) is 14.0 Å². The average Bonchev–Trinajstić information content (AvgIpc) is 2.93. The molecule has 1 atom stereocenters. The molecule has 0 saturated heterocycles. The third kappa shape index (κ3) is 5.06. The number of alkyl carbamates (subject to hydrolysis) is 1. The second-order valence-electron chi connectivity index (χ2n) is 7.85. The van der Waals surface area contributed by atoms with Crippen molar-refractivity contribution < 1.29 is 33.1 Å². The SMILES string of the molecule is CC(C)(C)OC(=O)NCC(C(=O)ON1C(=O)c2ccccc2C1=O)c1ccc(F)cc1. The zero-order valence-corrected chi connectivity index (χ0v) is 17.2. The minimum absolute atomic E-state index is 0.116. The highest BCUT2D eigenvalue weighted by atomic mass is 19.1. The van der Waals surface area contributed by atoms with Crippen LogP contribution in [0.2, 0.25) is 0 Å². The lowest BCUT2D eigenvalue weighted by Gasteiger charge is -2.22. The molecule has 1 aliphatic rings. The van der Waals surface area contributed by atoms with E-state index in [0.29, 0.717) is 10.6 Å². The molecule has 2 aromatic carbocycles. The van der Waals surface area contributed by atoms with Gasteiger partial charge in [0.15, 0.2) is 0 Å². The summed E-state index contributed by atoms with van der Waals surface area (Å²) in [7, 11) is 0. The second-order valence-corrected chi connectivity index (χ2v) is 7.85. The van der Waals surface area contributed by atoms with Crippen LogP contribution in [0.25, 0.3) is 0 Å². The van der Waals surface area contributed by atoms with E-state index < -0.39 is 41.2 Å². The highest BCUT2D eigenvalue weighted by molar-refractivity contribution is 6.20. The molecule has 0 saturated carbocycles. The molecular weight excluding hydrogens is 407 g/mol. The molecule has 1 heterocycles. The van der Waals surface area contributed by atoms with Gasteiger partial charge in [-0.05, 0) is 50.6 Å². The van der Waals surface area contributed by atoms with Gasteiger partial charge in [0.25, 0.3) is 11.8 Å². The quantitative estimate of drug-likeness (QED) is 0.734. The van der Waals surface area contributed by atoms with Crippen LogP contribution in [-0.2, 0) is 14.4 Å². The van der Waals surface area contributed by atoms with Gasteiger partial charge < -0.3 is 14.9 Å². The topological polar surface area (TPSA) is 102 Å². The molecule has 0 bridgehead atoms. The number of nitrogens with zero attached hydrogens (tertiary/aromatic N) is 1. The van der Waals surface area contributed by atoms with Gasteiger partial charge in [0.05, 0.1) is 11.1 Å². The summed E-state index contributed by atoms with van der Waals surface area (Å²) in [5, 5.41) is 2.84. The van der Waals surface area contributed by atoms with Crippen molar-refractivity contribution in [3.63, 3.8) is 0 Å². The maximum atomic E-state index is 13.3. The summed E-state index contributed by atoms with van der Waals surface area (Å²) < 4.78 is 18.5. The number of carbonyl (C=O) groups is 4. The Morgan fingerprint density at radius 3 is 2.06 bits per heavy atom. The Bertz CT molecular complexity index is 994. The van der Waals surface area contributed by atoms with Gasteiger partial charge in [-0.1, -0.05) is 29.3 Å². The average molecular weight is 428 g/mol. The summed E-state index contributed by atoms with van der Waals surface area (Å²) in [6.45, 7) is 4.78. The Balaban J connectivity index is 1.78. The van der Waals surface area contributed by atoms with Gasteiger partial charge in [-0.3, -0.25) is 9.59 Å². The molecule has 0 aromatic heterocycles. The Morgan fingerprint density at radius 2 is 1.55 bits per heavy atom. The lowest BCUT2D eigenvalue weighted by atomic mass is 9.99. The van der Waals surface area contributed by atoms with Gasteiger partial charge in [0, 0.05) is 6.54 Å². The third-order valence-corrected chi connectivity index (χ3v) is 4.34. The van der Waals surface area contributed by atoms with Crippen LogP contribution in [-0.4, -0.2) is 41.1 Å². The minimum Gasteiger partial charge on any atom is -0.444 e. The van der Waals surface area contributed by atoms with Crippen molar-refractivity contribution in [2.45, 2.75) is 32.3 Å². The molecule has 3 amide bonds. The summed E-state index contributed by atoms with van der Waals surface area (Å²) in [4.78, 5) is 54.9. The maximum absolute atomic E-state index is 13.3. The molecule has 9 heteroatoms. The zero-order valence-electron chi connectivity index (χ0n) is 17.2. The van der Waals surface area contributed by atoms with Crippen molar-refractivity contribution in [1.29, 1.82) is 0 Å². The Labute approximate surface area is 177 Å². The molecule has 3 rings (SSSR count). The fraction of sp³-hybridized carbons (Fsp3) is 0.273. The Morgan fingerprint density at radius 1 is 1.00 bits per heavy atom. The van der Waals surface area contributed by atoms with Crippen molar-refractivity contribution in [3.05, 3.63) is 71.0 Å². The van der Waals surface area contributed by atoms with E-state index in [1.54, 1.807) is 32.9 Å². The molecule has 2 aromatic rings. The van der Waals surface area contributed by atoms with Crippen LogP contribution < -0.4 is 5.32 Å². The van der Waals surface area contributed by atoms with Gasteiger partial charge in [0.1, 0.15) is 17.3 Å². The van der Waals surface area contributed by atoms with Crippen LogP contribution in [0.15, 0.2) is 48.5 Å². The monoisotopic (exact) mass is 428 g/mol. The maximum Gasteiger partial charge on any atom is 0.407 e. The van der Waals surface area contributed by atoms with Crippen molar-refractivity contribution >= 4 is 23.9 Å². The van der Waals surface area contributed by atoms with E-state index in [-0.39, 0.29) is 17.7 Å². The van der Waals surface area contributed by atoms with E-state index in [9.17, 15) is 23.6 Å². The van der Waals surface area contributed by atoms with Gasteiger partial charge in [-0.2, -0.15) is 0 Å². The fourth-order valence-electron chi connectivity index (χ4n) is 2.94. The van der Waals surface area contributed by atoms with Crippen LogP contribution in [0.4, 0.5) is 9.18 Å². The van der Waals surface area contributed by atoms with E-state index in [1.807, 2.05) is 0 Å². The summed E-state index contributed by atoms with van der Waals surface area (Å²) in [5.74, 6) is -4.16. The highest BCUT2D eigenvalue weighted by Gasteiger charge is 2.40. The number of halogens is 1. The first-order valence-electron chi connectivity index (χ1n) is 9.49. The number of rotatable bonds is 5. The largest absolute Gasteiger partial charge is 0.444 e. The highest BCUT2D eigenvalue weighted by Crippen LogP contribution is 2.25. The molecule has 0 radical (unpaired) electrons. The third-order valence-electron chi connectivity index (χ3n) is 4.34. The molecule has 1 unspecified atom stereocenters. The van der Waals surface area contributed by atoms with Crippen molar-refractivity contribution in [2.75, 3.05) is 6.54 Å². The minimum atomic E-state index is -1.13. The normalized spacial score (nSPS) is 14.1. The number of carbonyl (C=O) groups excluding carboxylic acids is 4. The van der Waals surface area contributed by atoms with Crippen molar-refractivity contribution in [3.8, 4) is 0 Å². The van der Waals surface area contributed by atoms with Crippen molar-refractivity contribution in [1.82, 2.24) is 10.4 Å². The summed E-state index contributed by atoms with van der Waals surface area (Å²) in [6.07, 6.45) is -0.770. The second kappa shape index (κ2) is 8.55. The van der Waals surface area contributed by atoms with E-state index in [2.05, 4.69) is 5.32 Å². The predicted octanol–water partition coefficient (Wildman–Crippen LogP) is 3.19. The molecular formula is C22H21FN2O6. The number of imide groups is 1. The lowest BCUT2D eigenvalue weighted by Crippen LogP contribution is -2.39. The first-order chi connectivity index (χ1) is 14.6. The molecule has 0 spiro atoms. The smallest absolute Gasteiger partial charge is 0.407 e. The van der Waals surface area contributed by atoms with Crippen LogP contribution in [0.1, 0.15) is 53.0 Å². The number of hydroxylamine groups is 2. The lowest BCUT2D eigenvalue weighted by molar-refractivity contribution is -0.170. The molecule has 1 aliphatic heterocycles. The number of benzene rings is 2. The number of hydrogen-bond acceptors (Lipinski definition) is 6. The predicted molar refractivity (Wildman–Crippen MR) is 106 cm³/mol. The van der Waals surface area contributed by atoms with E-state index in [1.165, 1.54) is 24.3 Å². The fourth-order valence-corrected chi connectivity index (χ4v) is 2.94. The molecule has 0 aliphatic carbocycles. The van der Waals surface area contributed by atoms with Crippen LogP contribution >= 0.6 is 0 Å². The summed E-state index contributed by atoms with van der Waals surface area (Å²) in [5.41, 5.74) is -0.203. The number of ether oxygens (including phenoxy) is 1. The molecule has 162 valence electrons. The summed E-state index contributed by atoms with van der Waals surface area (Å²) in [6, 6.07) is 11.1. The van der Waals surface area contributed by atoms with Crippen LogP contribution in [0, 0.1) is 5.82 Å². The number of nitrogens with one attached hydrogen (secondary N) is 1. The van der Waals surface area contributed by atoms with E-state index >= 15 is 0 Å². The van der Waals surface area contributed by atoms with Crippen LogP contribution in [0.5, 0.6) is 0 Å². The van der Waals surface area contributed by atoms with Crippen molar-refractivity contribution in [2.24, 2.45) is 0 Å². The van der Waals surface area contributed by atoms with E-state index in [0.717, 1.165) is 12.1 Å². The van der Waals surface area contributed by atoms with Gasteiger partial charge in [0.2, 0.25) is 0 Å². The number of fused-ring (bicyclic) bond motifs is 1. The summed E-state index contributed by atoms with van der Waals surface area (Å²) >= 11 is 0. The standard InChI is InChI=1S/C22H21FN2O6/c1-22(2,3)30-21(29)24-12-17(13-8-10-14(23)11-9-13)20(28)31-25-18(26)15-6-4-5-7-16(15)19(25)27/h4-11,17H,12H2,1-3H3,(H,24,29). The van der Waals surface area contributed by atoms with E-state index in [4.69, 9.17) is 9.57 Å². The van der Waals surface area contributed by atoms with Gasteiger partial charge >= 0.3 is 12.1 Å². The van der Waals surface area contributed by atoms with Crippen LogP contribution in [0.3, 0.4) is 0 Å². The molecule has 31 heavy (non-hydrogen) atoms. The van der Waals surface area contributed by atoms with Gasteiger partial charge in [-0.15, -0.1) is 0 Å². The zero-order chi connectivity index (χ0) is 22.8. The number of amides is 3. The first kappa shape index (κ1) is 21.9. The number of hydrogen-bond donors (Lipinski definition) is 1. The Hall–Kier alpha value is -3.75. The molecule has 1 N–H and O–H groups in total. The first-order valence-corrected chi connectivity index (χ1v) is 9.49.